The minimum Gasteiger partial charge on any atom is -0.454 e. The second-order valence-corrected chi connectivity index (χ2v) is 8.57. The molecule has 2 aromatic carbocycles. The molecule has 4 heterocycles. The molecular weight excluding hydrogens is 424 g/mol. The molecule has 2 fully saturated rings. The molecule has 3 amide bonds. The summed E-state index contributed by atoms with van der Waals surface area (Å²) in [6.07, 6.45) is 4.19. The zero-order valence-corrected chi connectivity index (χ0v) is 18.0. The van der Waals surface area contributed by atoms with Crippen LogP contribution in [0.25, 0.3) is 0 Å². The van der Waals surface area contributed by atoms with Crippen molar-refractivity contribution in [2.45, 2.75) is 31.6 Å². The SMILES string of the molecule is Cc1ccc(C2CC3C4NN(CC(=O)Nc5ccc6c(c5)OCO6)C(=O)N4C=CN3N2)cc1. The van der Waals surface area contributed by atoms with E-state index in [4.69, 9.17) is 9.47 Å². The van der Waals surface area contributed by atoms with E-state index in [1.807, 2.05) is 11.2 Å². The number of fused-ring (bicyclic) bond motifs is 4. The number of ether oxygens (including phenoxy) is 2. The van der Waals surface area contributed by atoms with Crippen LogP contribution in [0.3, 0.4) is 0 Å². The second kappa shape index (κ2) is 7.68. The molecule has 3 unspecified atom stereocenters. The summed E-state index contributed by atoms with van der Waals surface area (Å²) in [5.74, 6) is 0.923. The van der Waals surface area contributed by atoms with Crippen molar-refractivity contribution in [3.63, 3.8) is 0 Å². The number of hydrogen-bond acceptors (Lipinski definition) is 7. The van der Waals surface area contributed by atoms with Gasteiger partial charge in [0.25, 0.3) is 0 Å². The number of carbonyl (C=O) groups excluding carboxylic acids is 2. The van der Waals surface area contributed by atoms with E-state index in [1.54, 1.807) is 29.3 Å². The first-order valence-electron chi connectivity index (χ1n) is 10.9. The molecule has 0 bridgehead atoms. The Kier molecular flexibility index (Phi) is 4.63. The molecule has 0 spiro atoms. The molecule has 4 aliphatic heterocycles. The predicted octanol–water partition coefficient (Wildman–Crippen LogP) is 2.04. The smallest absolute Gasteiger partial charge is 0.340 e. The minimum atomic E-state index is -0.308. The normalized spacial score (nSPS) is 24.8. The number of nitrogens with zero attached hydrogens (tertiary/aromatic N) is 3. The standard InChI is InChI=1S/C23H24N6O4/c1-14-2-4-15(5-3-14)17-11-18-22-26-29(23(31)27(22)8-9-28(18)25-17)12-21(30)24-16-6-7-19-20(10-16)33-13-32-19/h2-10,17-18,22,25-26H,11-13H2,1H3,(H,24,30). The third-order valence-corrected chi connectivity index (χ3v) is 6.37. The van der Waals surface area contributed by atoms with Crippen molar-refractivity contribution in [1.29, 1.82) is 0 Å². The van der Waals surface area contributed by atoms with E-state index in [2.05, 4.69) is 47.4 Å². The van der Waals surface area contributed by atoms with Crippen LogP contribution in [-0.2, 0) is 4.79 Å². The van der Waals surface area contributed by atoms with Gasteiger partial charge < -0.3 is 19.8 Å². The van der Waals surface area contributed by atoms with Gasteiger partial charge in [0.05, 0.1) is 12.1 Å². The Labute approximate surface area is 190 Å². The summed E-state index contributed by atoms with van der Waals surface area (Å²) < 4.78 is 10.6. The zero-order chi connectivity index (χ0) is 22.5. The van der Waals surface area contributed by atoms with Gasteiger partial charge in [0.1, 0.15) is 12.7 Å². The van der Waals surface area contributed by atoms with Crippen LogP contribution in [0.5, 0.6) is 11.5 Å². The summed E-state index contributed by atoms with van der Waals surface area (Å²) in [5.41, 5.74) is 9.75. The number of aryl methyl sites for hydroxylation is 1. The van der Waals surface area contributed by atoms with Gasteiger partial charge in [0, 0.05) is 24.2 Å². The quantitative estimate of drug-likeness (QED) is 0.658. The number of hydrazine groups is 2. The Morgan fingerprint density at radius 2 is 1.91 bits per heavy atom. The van der Waals surface area contributed by atoms with E-state index in [0.717, 1.165) is 6.42 Å². The fourth-order valence-electron chi connectivity index (χ4n) is 4.67. The minimum absolute atomic E-state index is 0.0344. The van der Waals surface area contributed by atoms with Gasteiger partial charge in [-0.15, -0.1) is 0 Å². The van der Waals surface area contributed by atoms with Crippen LogP contribution in [0, 0.1) is 6.92 Å². The Morgan fingerprint density at radius 1 is 1.09 bits per heavy atom. The van der Waals surface area contributed by atoms with E-state index >= 15 is 0 Å². The van der Waals surface area contributed by atoms with Gasteiger partial charge in [-0.05, 0) is 31.0 Å². The fourth-order valence-corrected chi connectivity index (χ4v) is 4.67. The van der Waals surface area contributed by atoms with E-state index in [0.29, 0.717) is 17.2 Å². The number of carbonyl (C=O) groups is 2. The zero-order valence-electron chi connectivity index (χ0n) is 18.0. The van der Waals surface area contributed by atoms with Crippen molar-refractivity contribution in [3.05, 3.63) is 66.0 Å². The van der Waals surface area contributed by atoms with Crippen molar-refractivity contribution in [2.75, 3.05) is 18.7 Å². The highest BCUT2D eigenvalue weighted by Gasteiger charge is 2.48. The van der Waals surface area contributed by atoms with Gasteiger partial charge in [-0.25, -0.2) is 20.7 Å². The van der Waals surface area contributed by atoms with Gasteiger partial charge in [-0.1, -0.05) is 29.8 Å². The number of urea groups is 1. The molecule has 10 nitrogen and oxygen atoms in total. The largest absolute Gasteiger partial charge is 0.454 e. The van der Waals surface area contributed by atoms with Crippen molar-refractivity contribution >= 4 is 17.6 Å². The molecule has 0 aromatic heterocycles. The van der Waals surface area contributed by atoms with Crippen LogP contribution in [0.1, 0.15) is 23.6 Å². The summed E-state index contributed by atoms with van der Waals surface area (Å²) in [7, 11) is 0. The summed E-state index contributed by atoms with van der Waals surface area (Å²) in [4.78, 5) is 27.2. The number of rotatable bonds is 4. The maximum atomic E-state index is 12.9. The molecule has 4 aliphatic rings. The lowest BCUT2D eigenvalue weighted by Crippen LogP contribution is -2.54. The molecule has 3 N–H and O–H groups in total. The lowest BCUT2D eigenvalue weighted by molar-refractivity contribution is -0.117. The summed E-state index contributed by atoms with van der Waals surface area (Å²) in [6.45, 7) is 2.12. The average Bonchev–Trinajstić information content (AvgIpc) is 3.51. The van der Waals surface area contributed by atoms with Gasteiger partial charge in [-0.2, -0.15) is 0 Å². The van der Waals surface area contributed by atoms with Crippen LogP contribution in [-0.4, -0.2) is 52.4 Å². The van der Waals surface area contributed by atoms with Crippen LogP contribution in [0.15, 0.2) is 54.9 Å². The molecule has 6 rings (SSSR count). The molecule has 33 heavy (non-hydrogen) atoms. The molecule has 10 heteroatoms. The van der Waals surface area contributed by atoms with Crippen molar-refractivity contribution in [2.24, 2.45) is 0 Å². The Hall–Kier alpha value is -3.76. The molecule has 0 radical (unpaired) electrons. The maximum absolute atomic E-state index is 12.9. The molecule has 3 atom stereocenters. The van der Waals surface area contributed by atoms with E-state index < -0.39 is 0 Å². The fraction of sp³-hybridized carbons (Fsp3) is 0.304. The molecular formula is C23H24N6O4. The van der Waals surface area contributed by atoms with Gasteiger partial charge in [0.2, 0.25) is 12.7 Å². The first kappa shape index (κ1) is 19.9. The lowest BCUT2D eigenvalue weighted by Gasteiger charge is -2.34. The first-order chi connectivity index (χ1) is 16.0. The first-order valence-corrected chi connectivity index (χ1v) is 10.9. The van der Waals surface area contributed by atoms with Gasteiger partial charge in [-0.3, -0.25) is 9.69 Å². The van der Waals surface area contributed by atoms with Crippen molar-refractivity contribution in [3.8, 4) is 11.5 Å². The second-order valence-electron chi connectivity index (χ2n) is 8.57. The van der Waals surface area contributed by atoms with E-state index in [1.165, 1.54) is 16.1 Å². The summed E-state index contributed by atoms with van der Waals surface area (Å²) in [5, 5.41) is 6.22. The van der Waals surface area contributed by atoms with Crippen LogP contribution < -0.4 is 25.6 Å². The van der Waals surface area contributed by atoms with Crippen molar-refractivity contribution in [1.82, 2.24) is 25.8 Å². The van der Waals surface area contributed by atoms with Crippen LogP contribution in [0.2, 0.25) is 0 Å². The van der Waals surface area contributed by atoms with Crippen LogP contribution >= 0.6 is 0 Å². The Bertz CT molecular complexity index is 1140. The predicted molar refractivity (Wildman–Crippen MR) is 118 cm³/mol. The van der Waals surface area contributed by atoms with E-state index in [-0.39, 0.29) is 43.5 Å². The van der Waals surface area contributed by atoms with E-state index in [9.17, 15) is 9.59 Å². The summed E-state index contributed by atoms with van der Waals surface area (Å²) in [6, 6.07) is 13.6. The van der Waals surface area contributed by atoms with Crippen molar-refractivity contribution < 1.29 is 19.1 Å². The highest BCUT2D eigenvalue weighted by Crippen LogP contribution is 2.35. The number of anilines is 1. The van der Waals surface area contributed by atoms with Gasteiger partial charge >= 0.3 is 6.03 Å². The lowest BCUT2D eigenvalue weighted by atomic mass is 9.99. The third-order valence-electron chi connectivity index (χ3n) is 6.37. The maximum Gasteiger partial charge on any atom is 0.340 e. The number of amides is 3. The molecule has 2 saturated heterocycles. The van der Waals surface area contributed by atoms with Crippen LogP contribution in [0.4, 0.5) is 10.5 Å². The molecule has 170 valence electrons. The monoisotopic (exact) mass is 448 g/mol. The Morgan fingerprint density at radius 3 is 2.76 bits per heavy atom. The average molecular weight is 448 g/mol. The Balaban J connectivity index is 1.11. The third kappa shape index (κ3) is 3.53. The highest BCUT2D eigenvalue weighted by molar-refractivity contribution is 5.95. The molecule has 2 aromatic rings. The number of benzene rings is 2. The topological polar surface area (TPSA) is 98.4 Å². The number of hydrogen-bond donors (Lipinski definition) is 3. The number of nitrogens with one attached hydrogen (secondary N) is 3. The molecule has 0 aliphatic carbocycles. The van der Waals surface area contributed by atoms with Gasteiger partial charge in [0.15, 0.2) is 11.5 Å². The summed E-state index contributed by atoms with van der Waals surface area (Å²) >= 11 is 0. The molecule has 0 saturated carbocycles. The highest BCUT2D eigenvalue weighted by atomic mass is 16.7.